The summed E-state index contributed by atoms with van der Waals surface area (Å²) < 4.78 is 0. The zero-order valence-electron chi connectivity index (χ0n) is 12.1. The highest BCUT2D eigenvalue weighted by Crippen LogP contribution is 2.22. The van der Waals surface area contributed by atoms with Crippen LogP contribution in [0.4, 0.5) is 0 Å². The molecule has 18 heavy (non-hydrogen) atoms. The summed E-state index contributed by atoms with van der Waals surface area (Å²) in [6.45, 7) is 6.98. The largest absolute Gasteiger partial charge is 0.311 e. The van der Waals surface area contributed by atoms with Gasteiger partial charge in [0.1, 0.15) is 0 Å². The fraction of sp³-hybridized carbons (Fsp3) is 0.647. The van der Waals surface area contributed by atoms with E-state index in [2.05, 4.69) is 50.4 Å². The van der Waals surface area contributed by atoms with Gasteiger partial charge in [0.15, 0.2) is 0 Å². The summed E-state index contributed by atoms with van der Waals surface area (Å²) in [5.74, 6) is 0.836. The third-order valence-corrected chi connectivity index (χ3v) is 4.32. The first-order chi connectivity index (χ1) is 8.69. The first-order valence-corrected chi connectivity index (χ1v) is 7.51. The van der Waals surface area contributed by atoms with Crippen molar-refractivity contribution in [1.29, 1.82) is 0 Å². The fourth-order valence-corrected chi connectivity index (χ4v) is 3.08. The molecule has 0 saturated carbocycles. The summed E-state index contributed by atoms with van der Waals surface area (Å²) in [6, 6.07) is 10.2. The van der Waals surface area contributed by atoms with Crippen molar-refractivity contribution >= 4 is 0 Å². The molecule has 1 aliphatic rings. The number of nitrogens with one attached hydrogen (secondary N) is 1. The van der Waals surface area contributed by atoms with Crippen LogP contribution in [0.25, 0.3) is 0 Å². The van der Waals surface area contributed by atoms with E-state index in [0.29, 0.717) is 12.1 Å². The Balaban J connectivity index is 1.86. The minimum Gasteiger partial charge on any atom is -0.311 e. The molecule has 0 heterocycles. The normalized spacial score (nSPS) is 22.3. The zero-order valence-corrected chi connectivity index (χ0v) is 12.1. The van der Waals surface area contributed by atoms with Gasteiger partial charge in [-0.15, -0.1) is 0 Å². The van der Waals surface area contributed by atoms with E-state index < -0.39 is 0 Å². The molecule has 1 aliphatic carbocycles. The Kier molecular flexibility index (Phi) is 4.82. The highest BCUT2D eigenvalue weighted by Gasteiger charge is 2.19. The number of hydrogen-bond donors (Lipinski definition) is 1. The summed E-state index contributed by atoms with van der Waals surface area (Å²) >= 11 is 0. The molecule has 0 aromatic heterocycles. The molecule has 2 rings (SSSR count). The quantitative estimate of drug-likeness (QED) is 0.828. The molecule has 0 bridgehead atoms. The molecule has 0 fully saturated rings. The van der Waals surface area contributed by atoms with Gasteiger partial charge in [-0.1, -0.05) is 44.5 Å². The molecule has 0 amide bonds. The van der Waals surface area contributed by atoms with Gasteiger partial charge in [0.05, 0.1) is 0 Å². The minimum atomic E-state index is 0.648. The first-order valence-electron chi connectivity index (χ1n) is 7.51. The van der Waals surface area contributed by atoms with Crippen LogP contribution in [0.5, 0.6) is 0 Å². The SMILES string of the molecule is CCC(C)CC(C)NC1CCc2ccccc2C1. The van der Waals surface area contributed by atoms with Crippen molar-refractivity contribution in [2.24, 2.45) is 5.92 Å². The molecule has 1 nitrogen and oxygen atoms in total. The number of rotatable bonds is 5. The number of benzene rings is 1. The lowest BCUT2D eigenvalue weighted by Crippen LogP contribution is -2.40. The van der Waals surface area contributed by atoms with Crippen molar-refractivity contribution in [2.75, 3.05) is 0 Å². The third-order valence-electron chi connectivity index (χ3n) is 4.32. The lowest BCUT2D eigenvalue weighted by atomic mass is 9.87. The lowest BCUT2D eigenvalue weighted by molar-refractivity contribution is 0.353. The number of fused-ring (bicyclic) bond motifs is 1. The molecule has 3 atom stereocenters. The van der Waals surface area contributed by atoms with Gasteiger partial charge in [-0.25, -0.2) is 0 Å². The maximum atomic E-state index is 3.82. The minimum absolute atomic E-state index is 0.648. The van der Waals surface area contributed by atoms with Gasteiger partial charge in [-0.2, -0.15) is 0 Å². The lowest BCUT2D eigenvalue weighted by Gasteiger charge is -2.29. The average molecular weight is 245 g/mol. The van der Waals surface area contributed by atoms with Crippen LogP contribution in [0, 0.1) is 5.92 Å². The summed E-state index contributed by atoms with van der Waals surface area (Å²) in [6.07, 6.45) is 6.33. The highest BCUT2D eigenvalue weighted by atomic mass is 14.9. The van der Waals surface area contributed by atoms with Gasteiger partial charge in [-0.3, -0.25) is 0 Å². The molecule has 100 valence electrons. The summed E-state index contributed by atoms with van der Waals surface area (Å²) in [7, 11) is 0. The van der Waals surface area contributed by atoms with Gasteiger partial charge in [0.25, 0.3) is 0 Å². The van der Waals surface area contributed by atoms with Crippen LogP contribution in [-0.2, 0) is 12.8 Å². The fourth-order valence-electron chi connectivity index (χ4n) is 3.08. The van der Waals surface area contributed by atoms with E-state index in [0.717, 1.165) is 5.92 Å². The van der Waals surface area contributed by atoms with E-state index in [1.807, 2.05) is 0 Å². The summed E-state index contributed by atoms with van der Waals surface area (Å²) in [5, 5.41) is 3.82. The maximum Gasteiger partial charge on any atom is 0.0113 e. The second kappa shape index (κ2) is 6.38. The monoisotopic (exact) mass is 245 g/mol. The van der Waals surface area contributed by atoms with Gasteiger partial charge < -0.3 is 5.32 Å². The smallest absolute Gasteiger partial charge is 0.0113 e. The molecule has 1 aromatic rings. The topological polar surface area (TPSA) is 12.0 Å². The van der Waals surface area contributed by atoms with E-state index in [1.54, 1.807) is 11.1 Å². The van der Waals surface area contributed by atoms with Gasteiger partial charge in [0.2, 0.25) is 0 Å². The van der Waals surface area contributed by atoms with Gasteiger partial charge >= 0.3 is 0 Å². The molecule has 1 N–H and O–H groups in total. The molecular weight excluding hydrogens is 218 g/mol. The molecule has 1 aromatic carbocycles. The molecule has 0 radical (unpaired) electrons. The van der Waals surface area contributed by atoms with Crippen LogP contribution in [0.2, 0.25) is 0 Å². The van der Waals surface area contributed by atoms with E-state index >= 15 is 0 Å². The Hall–Kier alpha value is -0.820. The van der Waals surface area contributed by atoms with Crippen molar-refractivity contribution in [3.8, 4) is 0 Å². The zero-order chi connectivity index (χ0) is 13.0. The van der Waals surface area contributed by atoms with Crippen molar-refractivity contribution in [3.05, 3.63) is 35.4 Å². The Morgan fingerprint density at radius 2 is 1.94 bits per heavy atom. The molecule has 0 saturated heterocycles. The van der Waals surface area contributed by atoms with Gasteiger partial charge in [-0.05, 0) is 49.7 Å². The van der Waals surface area contributed by atoms with Crippen molar-refractivity contribution < 1.29 is 0 Å². The van der Waals surface area contributed by atoms with Crippen molar-refractivity contribution in [1.82, 2.24) is 5.32 Å². The van der Waals surface area contributed by atoms with E-state index in [1.165, 1.54) is 32.1 Å². The van der Waals surface area contributed by atoms with Crippen LogP contribution >= 0.6 is 0 Å². The Morgan fingerprint density at radius 1 is 1.22 bits per heavy atom. The second-order valence-electron chi connectivity index (χ2n) is 6.03. The Labute approximate surface area is 112 Å². The molecule has 0 spiro atoms. The van der Waals surface area contributed by atoms with E-state index in [9.17, 15) is 0 Å². The molecular formula is C17H27N. The van der Waals surface area contributed by atoms with Crippen molar-refractivity contribution in [2.45, 2.75) is 65.0 Å². The second-order valence-corrected chi connectivity index (χ2v) is 6.03. The van der Waals surface area contributed by atoms with Crippen LogP contribution in [0.3, 0.4) is 0 Å². The van der Waals surface area contributed by atoms with E-state index in [-0.39, 0.29) is 0 Å². The van der Waals surface area contributed by atoms with Crippen LogP contribution in [-0.4, -0.2) is 12.1 Å². The third kappa shape index (κ3) is 3.58. The highest BCUT2D eigenvalue weighted by molar-refractivity contribution is 5.30. The average Bonchev–Trinajstić information content (AvgIpc) is 2.38. The molecule has 1 heteroatoms. The predicted molar refractivity (Wildman–Crippen MR) is 78.9 cm³/mol. The molecule has 3 unspecified atom stereocenters. The summed E-state index contributed by atoms with van der Waals surface area (Å²) in [4.78, 5) is 0. The van der Waals surface area contributed by atoms with E-state index in [4.69, 9.17) is 0 Å². The summed E-state index contributed by atoms with van der Waals surface area (Å²) in [5.41, 5.74) is 3.11. The van der Waals surface area contributed by atoms with Crippen LogP contribution in [0.15, 0.2) is 24.3 Å². The maximum absolute atomic E-state index is 3.82. The number of aryl methyl sites for hydroxylation is 1. The standard InChI is InChI=1S/C17H27N/c1-4-13(2)11-14(3)18-17-10-9-15-7-5-6-8-16(15)12-17/h5-8,13-14,17-18H,4,9-12H2,1-3H3. The Morgan fingerprint density at radius 3 is 2.67 bits per heavy atom. The number of hydrogen-bond acceptors (Lipinski definition) is 1. The Bertz CT molecular complexity index is 372. The predicted octanol–water partition coefficient (Wildman–Crippen LogP) is 3.96. The van der Waals surface area contributed by atoms with Crippen LogP contribution < -0.4 is 5.32 Å². The molecule has 0 aliphatic heterocycles. The van der Waals surface area contributed by atoms with Crippen molar-refractivity contribution in [3.63, 3.8) is 0 Å². The van der Waals surface area contributed by atoms with Crippen LogP contribution in [0.1, 0.15) is 51.2 Å². The first kappa shape index (κ1) is 13.6. The van der Waals surface area contributed by atoms with Gasteiger partial charge in [0, 0.05) is 12.1 Å².